The average molecular weight is 417 g/mol. The lowest BCUT2D eigenvalue weighted by molar-refractivity contribution is -0.138. The van der Waals surface area contributed by atoms with Crippen LogP contribution in [0.3, 0.4) is 0 Å². The Balaban J connectivity index is 1.91. The van der Waals surface area contributed by atoms with Crippen molar-refractivity contribution in [1.29, 1.82) is 0 Å². The molecular weight excluding hydrogens is 380 g/mol. The number of aliphatic imine (C=N–C) groups is 1. The summed E-state index contributed by atoms with van der Waals surface area (Å²) in [6.07, 6.45) is 6.36. The smallest absolute Gasteiger partial charge is 0.244 e. The van der Waals surface area contributed by atoms with Gasteiger partial charge in [-0.15, -0.1) is 0 Å². The Hall–Kier alpha value is -2.64. The van der Waals surface area contributed by atoms with Crippen LogP contribution in [0.15, 0.2) is 29.4 Å². The molecule has 0 bridgehead atoms. The fourth-order valence-corrected chi connectivity index (χ4v) is 3.81. The van der Waals surface area contributed by atoms with E-state index < -0.39 is 0 Å². The summed E-state index contributed by atoms with van der Waals surface area (Å²) in [4.78, 5) is 37.3. The second-order valence-corrected chi connectivity index (χ2v) is 8.12. The average Bonchev–Trinajstić information content (AvgIpc) is 3.23. The van der Waals surface area contributed by atoms with Gasteiger partial charge in [0, 0.05) is 59.1 Å². The number of carbonyl (C=O) groups excluding carboxylic acids is 2. The Morgan fingerprint density at radius 3 is 2.50 bits per heavy atom. The molecule has 1 aliphatic carbocycles. The van der Waals surface area contributed by atoms with Crippen LogP contribution in [0.2, 0.25) is 0 Å². The van der Waals surface area contributed by atoms with Crippen LogP contribution in [0.5, 0.6) is 0 Å². The molecule has 1 fully saturated rings. The maximum atomic E-state index is 12.7. The first kappa shape index (κ1) is 23.6. The number of pyridine rings is 1. The standard InChI is InChI=1S/C22H36N6O2/c1-5-23-21(26-17-22(12-7-8-13-22)20(30)27(2)3)25-16-19(29)28(4)15-11-18-10-6-9-14-24-18/h6,9-10,14H,5,7-8,11-13,15-17H2,1-4H3,(H2,23,25,26). The van der Waals surface area contributed by atoms with Gasteiger partial charge in [0.2, 0.25) is 11.8 Å². The Bertz CT molecular complexity index is 714. The van der Waals surface area contributed by atoms with Gasteiger partial charge in [-0.05, 0) is 31.9 Å². The van der Waals surface area contributed by atoms with E-state index in [0.29, 0.717) is 32.0 Å². The Kier molecular flexibility index (Phi) is 9.08. The second kappa shape index (κ2) is 11.5. The lowest BCUT2D eigenvalue weighted by Gasteiger charge is -2.31. The molecule has 30 heavy (non-hydrogen) atoms. The number of aromatic nitrogens is 1. The fraction of sp³-hybridized carbons (Fsp3) is 0.636. The highest BCUT2D eigenvalue weighted by atomic mass is 16.2. The first-order valence-electron chi connectivity index (χ1n) is 10.8. The molecule has 1 aromatic heterocycles. The predicted molar refractivity (Wildman–Crippen MR) is 119 cm³/mol. The topological polar surface area (TPSA) is 89.9 Å². The fourth-order valence-electron chi connectivity index (χ4n) is 3.81. The summed E-state index contributed by atoms with van der Waals surface area (Å²) >= 11 is 0. The third-order valence-corrected chi connectivity index (χ3v) is 5.59. The van der Waals surface area contributed by atoms with Crippen LogP contribution in [0.1, 0.15) is 38.3 Å². The van der Waals surface area contributed by atoms with Gasteiger partial charge in [-0.25, -0.2) is 4.99 Å². The SMILES string of the molecule is CCNC(=NCC(=O)N(C)CCc1ccccn1)NCC1(C(=O)N(C)C)CCCC1. The van der Waals surface area contributed by atoms with Crippen molar-refractivity contribution in [2.24, 2.45) is 10.4 Å². The number of rotatable bonds is 9. The molecule has 0 radical (unpaired) electrons. The largest absolute Gasteiger partial charge is 0.357 e. The molecule has 2 rings (SSSR count). The molecular formula is C22H36N6O2. The third-order valence-electron chi connectivity index (χ3n) is 5.59. The Morgan fingerprint density at radius 2 is 1.90 bits per heavy atom. The molecule has 2 N–H and O–H groups in total. The highest BCUT2D eigenvalue weighted by Gasteiger charge is 2.42. The van der Waals surface area contributed by atoms with Gasteiger partial charge in [0.15, 0.2) is 5.96 Å². The second-order valence-electron chi connectivity index (χ2n) is 8.12. The molecule has 1 saturated carbocycles. The molecule has 0 aliphatic heterocycles. The maximum absolute atomic E-state index is 12.7. The van der Waals surface area contributed by atoms with Gasteiger partial charge in [0.25, 0.3) is 0 Å². The minimum absolute atomic E-state index is 0.0527. The zero-order chi connectivity index (χ0) is 22.0. The van der Waals surface area contributed by atoms with E-state index in [0.717, 1.165) is 31.4 Å². The molecule has 0 aromatic carbocycles. The van der Waals surface area contributed by atoms with E-state index in [-0.39, 0.29) is 23.8 Å². The van der Waals surface area contributed by atoms with Crippen LogP contribution in [-0.4, -0.2) is 79.9 Å². The van der Waals surface area contributed by atoms with Crippen LogP contribution in [0.4, 0.5) is 0 Å². The number of amides is 2. The summed E-state index contributed by atoms with van der Waals surface area (Å²) < 4.78 is 0. The third kappa shape index (κ3) is 6.71. The lowest BCUT2D eigenvalue weighted by Crippen LogP contribution is -2.49. The summed E-state index contributed by atoms with van der Waals surface area (Å²) in [5.41, 5.74) is 0.575. The molecule has 166 valence electrons. The molecule has 8 heteroatoms. The van der Waals surface area contributed by atoms with Crippen molar-refractivity contribution in [2.45, 2.75) is 39.0 Å². The molecule has 1 aromatic rings. The molecule has 1 aliphatic rings. The highest BCUT2D eigenvalue weighted by molar-refractivity contribution is 5.86. The number of guanidine groups is 1. The zero-order valence-corrected chi connectivity index (χ0v) is 18.8. The first-order chi connectivity index (χ1) is 14.4. The van der Waals surface area contributed by atoms with E-state index in [1.807, 2.05) is 25.1 Å². The van der Waals surface area contributed by atoms with Crippen LogP contribution in [0, 0.1) is 5.41 Å². The van der Waals surface area contributed by atoms with Gasteiger partial charge in [-0.3, -0.25) is 14.6 Å². The molecule has 0 spiro atoms. The summed E-state index contributed by atoms with van der Waals surface area (Å²) in [7, 11) is 5.40. The van der Waals surface area contributed by atoms with Crippen molar-refractivity contribution in [3.8, 4) is 0 Å². The van der Waals surface area contributed by atoms with E-state index in [4.69, 9.17) is 0 Å². The van der Waals surface area contributed by atoms with Gasteiger partial charge >= 0.3 is 0 Å². The molecule has 2 amide bonds. The van der Waals surface area contributed by atoms with Crippen molar-refractivity contribution in [2.75, 3.05) is 47.3 Å². The van der Waals surface area contributed by atoms with Crippen LogP contribution >= 0.6 is 0 Å². The number of hydrogen-bond donors (Lipinski definition) is 2. The van der Waals surface area contributed by atoms with Gasteiger partial charge in [-0.1, -0.05) is 18.9 Å². The molecule has 0 saturated heterocycles. The van der Waals surface area contributed by atoms with Crippen molar-refractivity contribution < 1.29 is 9.59 Å². The van der Waals surface area contributed by atoms with Crippen molar-refractivity contribution in [1.82, 2.24) is 25.4 Å². The van der Waals surface area contributed by atoms with Crippen molar-refractivity contribution in [3.05, 3.63) is 30.1 Å². The summed E-state index contributed by atoms with van der Waals surface area (Å²) in [5, 5.41) is 6.48. The van der Waals surface area contributed by atoms with Crippen LogP contribution in [0.25, 0.3) is 0 Å². The first-order valence-corrected chi connectivity index (χ1v) is 10.8. The highest BCUT2D eigenvalue weighted by Crippen LogP contribution is 2.38. The summed E-state index contributed by atoms with van der Waals surface area (Å²) in [5.74, 6) is 0.679. The van der Waals surface area contributed by atoms with Gasteiger partial charge in [0.05, 0.1) is 5.41 Å². The Labute approximate surface area is 180 Å². The van der Waals surface area contributed by atoms with Gasteiger partial charge in [0.1, 0.15) is 6.54 Å². The molecule has 1 heterocycles. The van der Waals surface area contributed by atoms with E-state index in [9.17, 15) is 9.59 Å². The number of carbonyl (C=O) groups is 2. The van der Waals surface area contributed by atoms with Gasteiger partial charge < -0.3 is 20.4 Å². The van der Waals surface area contributed by atoms with E-state index in [1.165, 1.54) is 0 Å². The van der Waals surface area contributed by atoms with E-state index >= 15 is 0 Å². The van der Waals surface area contributed by atoms with Crippen LogP contribution < -0.4 is 10.6 Å². The van der Waals surface area contributed by atoms with Crippen molar-refractivity contribution >= 4 is 17.8 Å². The number of likely N-dealkylation sites (N-methyl/N-ethyl adjacent to an activating group) is 1. The van der Waals surface area contributed by atoms with E-state index in [2.05, 4.69) is 20.6 Å². The van der Waals surface area contributed by atoms with E-state index in [1.54, 1.807) is 37.1 Å². The maximum Gasteiger partial charge on any atom is 0.244 e. The normalized spacial score (nSPS) is 15.5. The summed E-state index contributed by atoms with van der Waals surface area (Å²) in [6, 6.07) is 5.78. The molecule has 0 unspecified atom stereocenters. The quantitative estimate of drug-likeness (QED) is 0.468. The minimum atomic E-state index is -0.386. The molecule has 8 nitrogen and oxygen atoms in total. The Morgan fingerprint density at radius 1 is 1.17 bits per heavy atom. The van der Waals surface area contributed by atoms with Gasteiger partial charge in [-0.2, -0.15) is 0 Å². The zero-order valence-electron chi connectivity index (χ0n) is 18.8. The minimum Gasteiger partial charge on any atom is -0.357 e. The van der Waals surface area contributed by atoms with Crippen LogP contribution in [-0.2, 0) is 16.0 Å². The summed E-state index contributed by atoms with van der Waals surface area (Å²) in [6.45, 7) is 3.84. The molecule has 0 atom stereocenters. The monoisotopic (exact) mass is 416 g/mol. The number of nitrogens with one attached hydrogen (secondary N) is 2. The van der Waals surface area contributed by atoms with Crippen molar-refractivity contribution in [3.63, 3.8) is 0 Å². The predicted octanol–water partition coefficient (Wildman–Crippen LogP) is 1.29. The number of hydrogen-bond acceptors (Lipinski definition) is 4. The number of nitrogens with zero attached hydrogens (tertiary/aromatic N) is 4. The lowest BCUT2D eigenvalue weighted by atomic mass is 9.84.